The van der Waals surface area contributed by atoms with Gasteiger partial charge in [-0.2, -0.15) is 0 Å². The summed E-state index contributed by atoms with van der Waals surface area (Å²) in [6.07, 6.45) is 6.11. The Labute approximate surface area is 134 Å². The Hall–Kier alpha value is -1.14. The lowest BCUT2D eigenvalue weighted by molar-refractivity contribution is 0.0169. The van der Waals surface area contributed by atoms with Gasteiger partial charge in [0.25, 0.3) is 5.91 Å². The van der Waals surface area contributed by atoms with E-state index in [0.29, 0.717) is 17.9 Å². The summed E-state index contributed by atoms with van der Waals surface area (Å²) in [6, 6.07) is 1.79. The molecule has 0 aromatic carbocycles. The van der Waals surface area contributed by atoms with E-state index in [1.165, 1.54) is 6.42 Å². The van der Waals surface area contributed by atoms with Gasteiger partial charge in [-0.3, -0.25) is 4.79 Å². The highest BCUT2D eigenvalue weighted by atomic mass is 79.9. The molecule has 1 amide bonds. The number of hydrogen-bond donors (Lipinski definition) is 2. The summed E-state index contributed by atoms with van der Waals surface area (Å²) >= 11 is 3.37. The van der Waals surface area contributed by atoms with Gasteiger partial charge < -0.3 is 15.4 Å². The monoisotopic (exact) mass is 355 g/mol. The van der Waals surface area contributed by atoms with E-state index in [9.17, 15) is 4.79 Å². The van der Waals surface area contributed by atoms with Crippen LogP contribution in [0.15, 0.2) is 16.7 Å². The molecule has 0 spiro atoms. The summed E-state index contributed by atoms with van der Waals surface area (Å²) in [5.74, 6) is 0.513. The van der Waals surface area contributed by atoms with Crippen molar-refractivity contribution in [3.05, 3.63) is 22.3 Å². The molecule has 1 saturated heterocycles. The van der Waals surface area contributed by atoms with Crippen LogP contribution in [0.4, 0.5) is 5.82 Å². The third kappa shape index (κ3) is 4.97. The molecule has 5 nitrogen and oxygen atoms in total. The molecule has 2 rings (SSSR count). The minimum atomic E-state index is -0.114. The predicted molar refractivity (Wildman–Crippen MR) is 86.6 cm³/mol. The van der Waals surface area contributed by atoms with Gasteiger partial charge in [-0.15, -0.1) is 0 Å². The molecule has 0 bridgehead atoms. The first-order valence-corrected chi connectivity index (χ1v) is 8.29. The lowest BCUT2D eigenvalue weighted by Crippen LogP contribution is -2.35. The maximum Gasteiger partial charge on any atom is 0.255 e. The third-order valence-electron chi connectivity index (χ3n) is 3.41. The molecule has 0 saturated carbocycles. The number of pyridine rings is 1. The van der Waals surface area contributed by atoms with E-state index < -0.39 is 0 Å². The van der Waals surface area contributed by atoms with Crippen LogP contribution in [-0.2, 0) is 4.74 Å². The number of carbonyl (C=O) groups excluding carboxylic acids is 1. The quantitative estimate of drug-likeness (QED) is 0.823. The molecule has 6 heteroatoms. The smallest absolute Gasteiger partial charge is 0.255 e. The van der Waals surface area contributed by atoms with Crippen molar-refractivity contribution in [2.45, 2.75) is 38.7 Å². The number of halogens is 1. The average molecular weight is 356 g/mol. The van der Waals surface area contributed by atoms with Gasteiger partial charge in [0.1, 0.15) is 5.82 Å². The van der Waals surface area contributed by atoms with Crippen molar-refractivity contribution in [1.82, 2.24) is 10.3 Å². The second kappa shape index (κ2) is 8.34. The topological polar surface area (TPSA) is 63.2 Å². The number of carbonyl (C=O) groups is 1. The standard InChI is InChI=1S/C15H22BrN3O2/c1-2-6-17-14-13(8-11(16)9-18-14)15(20)19-10-12-5-3-4-7-21-12/h8-9,12H,2-7,10H2,1H3,(H,17,18)(H,19,20). The lowest BCUT2D eigenvalue weighted by Gasteiger charge is -2.23. The molecule has 1 atom stereocenters. The average Bonchev–Trinajstić information content (AvgIpc) is 2.52. The number of hydrogen-bond acceptors (Lipinski definition) is 4. The van der Waals surface area contributed by atoms with Gasteiger partial charge in [-0.1, -0.05) is 6.92 Å². The molecule has 2 heterocycles. The van der Waals surface area contributed by atoms with Gasteiger partial charge in [0.05, 0.1) is 11.7 Å². The summed E-state index contributed by atoms with van der Waals surface area (Å²) < 4.78 is 6.42. The minimum absolute atomic E-state index is 0.114. The Kier molecular flexibility index (Phi) is 6.45. The molecule has 1 aromatic rings. The zero-order valence-corrected chi connectivity index (χ0v) is 13.9. The number of nitrogens with one attached hydrogen (secondary N) is 2. The Morgan fingerprint density at radius 3 is 3.10 bits per heavy atom. The molecule has 1 fully saturated rings. The second-order valence-corrected chi connectivity index (χ2v) is 6.09. The Balaban J connectivity index is 1.97. The molecule has 21 heavy (non-hydrogen) atoms. The summed E-state index contributed by atoms with van der Waals surface area (Å²) in [4.78, 5) is 16.6. The fraction of sp³-hybridized carbons (Fsp3) is 0.600. The van der Waals surface area contributed by atoms with Crippen LogP contribution in [0.3, 0.4) is 0 Å². The normalized spacial score (nSPS) is 18.3. The molecule has 1 unspecified atom stereocenters. The maximum atomic E-state index is 12.4. The van der Waals surface area contributed by atoms with E-state index in [2.05, 4.69) is 38.5 Å². The maximum absolute atomic E-state index is 12.4. The van der Waals surface area contributed by atoms with Crippen molar-refractivity contribution >= 4 is 27.7 Å². The van der Waals surface area contributed by atoms with E-state index in [1.807, 2.05) is 0 Å². The van der Waals surface area contributed by atoms with Crippen LogP contribution in [0.5, 0.6) is 0 Å². The van der Waals surface area contributed by atoms with Gasteiger partial charge in [0.2, 0.25) is 0 Å². The van der Waals surface area contributed by atoms with Crippen LogP contribution >= 0.6 is 15.9 Å². The SMILES string of the molecule is CCCNc1ncc(Br)cc1C(=O)NCC1CCCCO1. The largest absolute Gasteiger partial charge is 0.376 e. The molecule has 2 N–H and O–H groups in total. The summed E-state index contributed by atoms with van der Waals surface area (Å²) in [7, 11) is 0. The summed E-state index contributed by atoms with van der Waals surface area (Å²) in [6.45, 7) is 4.22. The third-order valence-corrected chi connectivity index (χ3v) is 3.84. The molecule has 1 aliphatic heterocycles. The van der Waals surface area contributed by atoms with E-state index in [-0.39, 0.29) is 12.0 Å². The van der Waals surface area contributed by atoms with E-state index in [0.717, 1.165) is 36.9 Å². The first-order valence-electron chi connectivity index (χ1n) is 7.50. The van der Waals surface area contributed by atoms with Crippen LogP contribution in [0.25, 0.3) is 0 Å². The molecule has 1 aliphatic rings. The molecule has 0 radical (unpaired) electrons. The Bertz CT molecular complexity index is 476. The first kappa shape index (κ1) is 16.2. The molecule has 1 aromatic heterocycles. The van der Waals surface area contributed by atoms with Crippen LogP contribution in [0.2, 0.25) is 0 Å². The summed E-state index contributed by atoms with van der Waals surface area (Å²) in [5.41, 5.74) is 0.564. The highest BCUT2D eigenvalue weighted by Gasteiger charge is 2.17. The Morgan fingerprint density at radius 1 is 1.52 bits per heavy atom. The highest BCUT2D eigenvalue weighted by Crippen LogP contribution is 2.18. The lowest BCUT2D eigenvalue weighted by atomic mass is 10.1. The first-order chi connectivity index (χ1) is 10.2. The minimum Gasteiger partial charge on any atom is -0.376 e. The number of rotatable bonds is 6. The van der Waals surface area contributed by atoms with Crippen molar-refractivity contribution in [2.24, 2.45) is 0 Å². The summed E-state index contributed by atoms with van der Waals surface area (Å²) in [5, 5.41) is 6.13. The van der Waals surface area contributed by atoms with Crippen LogP contribution in [0, 0.1) is 0 Å². The van der Waals surface area contributed by atoms with Crippen molar-refractivity contribution in [2.75, 3.05) is 25.0 Å². The van der Waals surface area contributed by atoms with Crippen LogP contribution in [0.1, 0.15) is 43.0 Å². The zero-order chi connectivity index (χ0) is 15.1. The van der Waals surface area contributed by atoms with Gasteiger partial charge in [0.15, 0.2) is 0 Å². The van der Waals surface area contributed by atoms with Crippen LogP contribution < -0.4 is 10.6 Å². The zero-order valence-electron chi connectivity index (χ0n) is 12.3. The predicted octanol–water partition coefficient (Wildman–Crippen LogP) is 2.96. The number of nitrogens with zero attached hydrogens (tertiary/aromatic N) is 1. The number of aromatic nitrogens is 1. The highest BCUT2D eigenvalue weighted by molar-refractivity contribution is 9.10. The second-order valence-electron chi connectivity index (χ2n) is 5.18. The van der Waals surface area contributed by atoms with Gasteiger partial charge in [-0.05, 0) is 47.7 Å². The van der Waals surface area contributed by atoms with Gasteiger partial charge in [0, 0.05) is 30.4 Å². The van der Waals surface area contributed by atoms with E-state index >= 15 is 0 Å². The molecular weight excluding hydrogens is 334 g/mol. The van der Waals surface area contributed by atoms with Crippen molar-refractivity contribution in [3.63, 3.8) is 0 Å². The fourth-order valence-corrected chi connectivity index (χ4v) is 2.60. The number of anilines is 1. The van der Waals surface area contributed by atoms with Crippen LogP contribution in [-0.4, -0.2) is 36.7 Å². The van der Waals surface area contributed by atoms with E-state index in [1.54, 1.807) is 12.3 Å². The Morgan fingerprint density at radius 2 is 2.38 bits per heavy atom. The van der Waals surface area contributed by atoms with E-state index in [4.69, 9.17) is 4.74 Å². The fourth-order valence-electron chi connectivity index (χ4n) is 2.27. The molecular formula is C15H22BrN3O2. The van der Waals surface area contributed by atoms with Crippen molar-refractivity contribution in [3.8, 4) is 0 Å². The van der Waals surface area contributed by atoms with Gasteiger partial charge in [-0.25, -0.2) is 4.98 Å². The molecule has 0 aliphatic carbocycles. The number of ether oxygens (including phenoxy) is 1. The van der Waals surface area contributed by atoms with Gasteiger partial charge >= 0.3 is 0 Å². The van der Waals surface area contributed by atoms with Crippen molar-refractivity contribution < 1.29 is 9.53 Å². The number of amides is 1. The molecule has 116 valence electrons. The van der Waals surface area contributed by atoms with Crippen molar-refractivity contribution in [1.29, 1.82) is 0 Å².